The maximum atomic E-state index is 13.2. The molecule has 0 bridgehead atoms. The van der Waals surface area contributed by atoms with E-state index < -0.39 is 11.9 Å². The number of carboxylic acid groups (broad SMARTS) is 1. The summed E-state index contributed by atoms with van der Waals surface area (Å²) < 4.78 is 13.5. The summed E-state index contributed by atoms with van der Waals surface area (Å²) in [5, 5.41) is 9.33. The fraction of sp³-hybridized carbons (Fsp3) is 0.133. The highest BCUT2D eigenvalue weighted by molar-refractivity contribution is 9.10. The van der Waals surface area contributed by atoms with Gasteiger partial charge in [0.1, 0.15) is 5.82 Å². The molecule has 0 amide bonds. The van der Waals surface area contributed by atoms with E-state index in [0.29, 0.717) is 10.9 Å². The van der Waals surface area contributed by atoms with Gasteiger partial charge in [-0.05, 0) is 45.6 Å². The van der Waals surface area contributed by atoms with E-state index in [2.05, 4.69) is 15.9 Å². The highest BCUT2D eigenvalue weighted by atomic mass is 79.9. The summed E-state index contributed by atoms with van der Waals surface area (Å²) in [6.07, 6.45) is 0.332. The van der Waals surface area contributed by atoms with Crippen molar-refractivity contribution in [2.24, 2.45) is 0 Å². The number of rotatable bonds is 4. The predicted octanol–water partition coefficient (Wildman–Crippen LogP) is 4.00. The van der Waals surface area contributed by atoms with Crippen molar-refractivity contribution in [2.45, 2.75) is 12.3 Å². The van der Waals surface area contributed by atoms with E-state index in [1.54, 1.807) is 24.3 Å². The van der Waals surface area contributed by atoms with Crippen molar-refractivity contribution in [2.75, 3.05) is 0 Å². The van der Waals surface area contributed by atoms with Crippen LogP contribution in [0.5, 0.6) is 0 Å². The summed E-state index contributed by atoms with van der Waals surface area (Å²) in [5.41, 5.74) is 1.53. The van der Waals surface area contributed by atoms with Crippen LogP contribution in [0.2, 0.25) is 0 Å². The quantitative estimate of drug-likeness (QED) is 0.923. The van der Waals surface area contributed by atoms with Gasteiger partial charge < -0.3 is 5.11 Å². The Hall–Kier alpha value is -1.68. The molecule has 1 atom stereocenters. The summed E-state index contributed by atoms with van der Waals surface area (Å²) in [6, 6.07) is 13.6. The smallest absolute Gasteiger partial charge is 0.311 e. The Labute approximate surface area is 119 Å². The van der Waals surface area contributed by atoms with Crippen molar-refractivity contribution in [3.8, 4) is 0 Å². The van der Waals surface area contributed by atoms with Crippen molar-refractivity contribution in [1.82, 2.24) is 0 Å². The van der Waals surface area contributed by atoms with Crippen LogP contribution in [-0.2, 0) is 11.2 Å². The van der Waals surface area contributed by atoms with Crippen molar-refractivity contribution < 1.29 is 14.3 Å². The van der Waals surface area contributed by atoms with Crippen LogP contribution in [-0.4, -0.2) is 11.1 Å². The molecule has 0 fully saturated rings. The van der Waals surface area contributed by atoms with E-state index in [0.717, 1.165) is 11.1 Å². The third kappa shape index (κ3) is 3.41. The SMILES string of the molecule is O=C(O)C(Cc1ccc(F)c(Br)c1)c1ccccc1. The fourth-order valence-electron chi connectivity index (χ4n) is 1.94. The molecule has 98 valence electrons. The van der Waals surface area contributed by atoms with Crippen LogP contribution in [0.3, 0.4) is 0 Å². The summed E-state index contributed by atoms with van der Waals surface area (Å²) >= 11 is 3.11. The normalized spacial score (nSPS) is 12.1. The predicted molar refractivity (Wildman–Crippen MR) is 74.6 cm³/mol. The van der Waals surface area contributed by atoms with Crippen LogP contribution in [0.25, 0.3) is 0 Å². The van der Waals surface area contributed by atoms with Gasteiger partial charge in [0.25, 0.3) is 0 Å². The first-order chi connectivity index (χ1) is 9.08. The molecule has 2 aromatic carbocycles. The first-order valence-corrected chi connectivity index (χ1v) is 6.59. The van der Waals surface area contributed by atoms with Crippen LogP contribution in [0.1, 0.15) is 17.0 Å². The first-order valence-electron chi connectivity index (χ1n) is 5.79. The molecule has 0 aliphatic rings. The highest BCUT2D eigenvalue weighted by Gasteiger charge is 2.20. The lowest BCUT2D eigenvalue weighted by Gasteiger charge is -2.13. The van der Waals surface area contributed by atoms with Crippen molar-refractivity contribution in [1.29, 1.82) is 0 Å². The summed E-state index contributed by atoms with van der Waals surface area (Å²) in [5.74, 6) is -1.86. The Morgan fingerprint density at radius 2 is 1.89 bits per heavy atom. The number of carbonyl (C=O) groups is 1. The second-order valence-corrected chi connectivity index (χ2v) is 5.11. The standard InChI is InChI=1S/C15H12BrFO2/c16-13-9-10(6-7-14(13)17)8-12(15(18)19)11-4-2-1-3-5-11/h1-7,9,12H,8H2,(H,18,19). The fourth-order valence-corrected chi connectivity index (χ4v) is 2.36. The highest BCUT2D eigenvalue weighted by Crippen LogP contribution is 2.24. The van der Waals surface area contributed by atoms with Gasteiger partial charge in [0, 0.05) is 0 Å². The summed E-state index contributed by atoms with van der Waals surface area (Å²) in [4.78, 5) is 11.4. The van der Waals surface area contributed by atoms with Crippen LogP contribution in [0, 0.1) is 5.82 Å². The molecular formula is C15H12BrFO2. The van der Waals surface area contributed by atoms with E-state index in [4.69, 9.17) is 0 Å². The minimum atomic E-state index is -0.883. The molecule has 2 aromatic rings. The van der Waals surface area contributed by atoms with E-state index in [-0.39, 0.29) is 5.82 Å². The van der Waals surface area contributed by atoms with Gasteiger partial charge in [-0.15, -0.1) is 0 Å². The summed E-state index contributed by atoms with van der Waals surface area (Å²) in [6.45, 7) is 0. The average Bonchev–Trinajstić information content (AvgIpc) is 2.40. The molecule has 1 unspecified atom stereocenters. The maximum Gasteiger partial charge on any atom is 0.311 e. The molecule has 0 saturated carbocycles. The molecule has 4 heteroatoms. The Kier molecular flexibility index (Phi) is 4.32. The average molecular weight is 323 g/mol. The molecular weight excluding hydrogens is 311 g/mol. The lowest BCUT2D eigenvalue weighted by molar-refractivity contribution is -0.138. The van der Waals surface area contributed by atoms with Crippen LogP contribution >= 0.6 is 15.9 Å². The molecule has 0 aliphatic carbocycles. The van der Waals surface area contributed by atoms with Crippen molar-refractivity contribution in [3.63, 3.8) is 0 Å². The van der Waals surface area contributed by atoms with Gasteiger partial charge >= 0.3 is 5.97 Å². The second kappa shape index (κ2) is 5.97. The van der Waals surface area contributed by atoms with Crippen LogP contribution in [0.4, 0.5) is 4.39 Å². The Morgan fingerprint density at radius 3 is 2.47 bits per heavy atom. The van der Waals surface area contributed by atoms with Crippen LogP contribution < -0.4 is 0 Å². The van der Waals surface area contributed by atoms with Crippen molar-refractivity contribution >= 4 is 21.9 Å². The Bertz CT molecular complexity index is 584. The third-order valence-corrected chi connectivity index (χ3v) is 3.53. The van der Waals surface area contributed by atoms with Gasteiger partial charge in [-0.2, -0.15) is 0 Å². The van der Waals surface area contributed by atoms with E-state index in [1.807, 2.05) is 18.2 Å². The number of aliphatic carboxylic acids is 1. The monoisotopic (exact) mass is 322 g/mol. The maximum absolute atomic E-state index is 13.2. The largest absolute Gasteiger partial charge is 0.481 e. The number of halogens is 2. The van der Waals surface area contributed by atoms with E-state index >= 15 is 0 Å². The van der Waals surface area contributed by atoms with Gasteiger partial charge in [-0.3, -0.25) is 4.79 Å². The zero-order valence-electron chi connectivity index (χ0n) is 10.0. The molecule has 0 spiro atoms. The number of carboxylic acids is 1. The van der Waals surface area contributed by atoms with Gasteiger partial charge in [0.2, 0.25) is 0 Å². The molecule has 1 N–H and O–H groups in total. The third-order valence-electron chi connectivity index (χ3n) is 2.92. The molecule has 2 rings (SSSR count). The van der Waals surface area contributed by atoms with Crippen molar-refractivity contribution in [3.05, 3.63) is 69.9 Å². The molecule has 0 saturated heterocycles. The van der Waals surface area contributed by atoms with Gasteiger partial charge in [0.15, 0.2) is 0 Å². The summed E-state index contributed by atoms with van der Waals surface area (Å²) in [7, 11) is 0. The minimum absolute atomic E-state index is 0.332. The lowest BCUT2D eigenvalue weighted by atomic mass is 9.92. The molecule has 2 nitrogen and oxygen atoms in total. The zero-order chi connectivity index (χ0) is 13.8. The molecule has 0 radical (unpaired) electrons. The number of hydrogen-bond acceptors (Lipinski definition) is 1. The topological polar surface area (TPSA) is 37.3 Å². The first kappa shape index (κ1) is 13.7. The molecule has 0 aromatic heterocycles. The molecule has 19 heavy (non-hydrogen) atoms. The number of hydrogen-bond donors (Lipinski definition) is 1. The van der Waals surface area contributed by atoms with Gasteiger partial charge in [-0.1, -0.05) is 36.4 Å². The van der Waals surface area contributed by atoms with E-state index in [9.17, 15) is 14.3 Å². The second-order valence-electron chi connectivity index (χ2n) is 4.25. The Balaban J connectivity index is 2.27. The van der Waals surface area contributed by atoms with Crippen LogP contribution in [0.15, 0.2) is 53.0 Å². The number of benzene rings is 2. The van der Waals surface area contributed by atoms with Gasteiger partial charge in [0.05, 0.1) is 10.4 Å². The van der Waals surface area contributed by atoms with E-state index in [1.165, 1.54) is 6.07 Å². The molecule has 0 heterocycles. The molecule has 0 aliphatic heterocycles. The minimum Gasteiger partial charge on any atom is -0.481 e. The Morgan fingerprint density at radius 1 is 1.21 bits per heavy atom. The lowest BCUT2D eigenvalue weighted by Crippen LogP contribution is -2.14. The van der Waals surface area contributed by atoms with Gasteiger partial charge in [-0.25, -0.2) is 4.39 Å². The zero-order valence-corrected chi connectivity index (χ0v) is 11.6.